The second-order valence-corrected chi connectivity index (χ2v) is 9.11. The lowest BCUT2D eigenvalue weighted by Crippen LogP contribution is -2.58. The predicted octanol–water partition coefficient (Wildman–Crippen LogP) is -2.32. The highest BCUT2D eigenvalue weighted by atomic mass is 16.4. The number of carboxylic acids is 1. The summed E-state index contributed by atoms with van der Waals surface area (Å²) in [7, 11) is 0. The van der Waals surface area contributed by atoms with E-state index < -0.39 is 66.1 Å². The minimum absolute atomic E-state index is 0.123. The van der Waals surface area contributed by atoms with Gasteiger partial charge in [-0.1, -0.05) is 44.2 Å². The Morgan fingerprint density at radius 3 is 2.03 bits per heavy atom. The molecule has 4 amide bonds. The molecule has 1 aromatic rings. The molecule has 0 aliphatic heterocycles. The molecule has 0 aromatic heterocycles. The Labute approximate surface area is 221 Å². The fraction of sp³-hybridized carbons (Fsp3) is 0.500. The highest BCUT2D eigenvalue weighted by Gasteiger charge is 2.32. The van der Waals surface area contributed by atoms with Crippen molar-refractivity contribution in [2.75, 3.05) is 6.54 Å². The minimum atomic E-state index is -1.57. The average molecular weight is 535 g/mol. The van der Waals surface area contributed by atoms with Gasteiger partial charge in [-0.2, -0.15) is 0 Å². The SMILES string of the molecule is CC(C)C(NC(=O)C(CCCN=C(N)N)NC(=O)C(N)Cc1ccccc1)C(=O)NC(CC(N)=O)C(=O)O. The van der Waals surface area contributed by atoms with Crippen molar-refractivity contribution in [1.29, 1.82) is 0 Å². The van der Waals surface area contributed by atoms with Gasteiger partial charge in [0.2, 0.25) is 23.6 Å². The van der Waals surface area contributed by atoms with Gasteiger partial charge in [0.15, 0.2) is 5.96 Å². The van der Waals surface area contributed by atoms with Crippen LogP contribution in [0.2, 0.25) is 0 Å². The van der Waals surface area contributed by atoms with Crippen LogP contribution in [0, 0.1) is 5.92 Å². The lowest BCUT2D eigenvalue weighted by molar-refractivity contribution is -0.144. The number of nitrogens with zero attached hydrogens (tertiary/aromatic N) is 1. The maximum atomic E-state index is 13.2. The van der Waals surface area contributed by atoms with Gasteiger partial charge in [-0.3, -0.25) is 24.2 Å². The third kappa shape index (κ3) is 11.7. The third-order valence-corrected chi connectivity index (χ3v) is 5.48. The van der Waals surface area contributed by atoms with Gasteiger partial charge in [0.05, 0.1) is 12.5 Å². The van der Waals surface area contributed by atoms with Crippen molar-refractivity contribution in [2.45, 2.75) is 63.7 Å². The highest BCUT2D eigenvalue weighted by molar-refractivity contribution is 5.95. The normalized spacial score (nSPS) is 13.9. The van der Waals surface area contributed by atoms with Crippen LogP contribution >= 0.6 is 0 Å². The fourth-order valence-electron chi connectivity index (χ4n) is 3.46. The molecular weight excluding hydrogens is 496 g/mol. The number of primary amides is 1. The Hall–Kier alpha value is -4.20. The van der Waals surface area contributed by atoms with Crippen molar-refractivity contribution in [2.24, 2.45) is 33.8 Å². The first kappa shape index (κ1) is 31.8. The number of carbonyl (C=O) groups is 5. The number of rotatable bonds is 16. The molecule has 4 unspecified atom stereocenters. The Morgan fingerprint density at radius 2 is 1.50 bits per heavy atom. The highest BCUT2D eigenvalue weighted by Crippen LogP contribution is 2.08. The Morgan fingerprint density at radius 1 is 0.895 bits per heavy atom. The molecule has 0 radical (unpaired) electrons. The molecule has 12 N–H and O–H groups in total. The van der Waals surface area contributed by atoms with Crippen molar-refractivity contribution in [3.8, 4) is 0 Å². The van der Waals surface area contributed by atoms with E-state index in [0.29, 0.717) is 6.42 Å². The number of guanidine groups is 1. The largest absolute Gasteiger partial charge is 0.480 e. The molecule has 0 aliphatic carbocycles. The first-order valence-electron chi connectivity index (χ1n) is 12.1. The van der Waals surface area contributed by atoms with Gasteiger partial charge < -0.3 is 44.0 Å². The standard InChI is InChI=1S/C24H38N8O6/c1-13(2)19(22(36)31-17(23(37)38)12-18(26)33)32-21(35)16(9-6-10-29-24(27)28)30-20(34)15(25)11-14-7-4-3-5-8-14/h3-5,7-8,13,15-17,19H,6,9-12,25H2,1-2H3,(H2,26,33)(H,30,34)(H,31,36)(H,32,35)(H,37,38)(H4,27,28,29). The number of nitrogens with one attached hydrogen (secondary N) is 3. The molecule has 14 nitrogen and oxygen atoms in total. The van der Waals surface area contributed by atoms with E-state index in [0.717, 1.165) is 5.56 Å². The Balaban J connectivity index is 3.00. The molecule has 0 saturated heterocycles. The van der Waals surface area contributed by atoms with Crippen LogP contribution in [-0.4, -0.2) is 71.4 Å². The lowest BCUT2D eigenvalue weighted by Gasteiger charge is -2.27. The zero-order valence-electron chi connectivity index (χ0n) is 21.6. The summed E-state index contributed by atoms with van der Waals surface area (Å²) < 4.78 is 0. The predicted molar refractivity (Wildman–Crippen MR) is 140 cm³/mol. The van der Waals surface area contributed by atoms with Gasteiger partial charge in [-0.15, -0.1) is 0 Å². The summed E-state index contributed by atoms with van der Waals surface area (Å²) in [5, 5.41) is 16.7. The fourth-order valence-corrected chi connectivity index (χ4v) is 3.46. The zero-order valence-corrected chi connectivity index (χ0v) is 21.6. The molecule has 0 saturated carbocycles. The lowest BCUT2D eigenvalue weighted by atomic mass is 10.0. The van der Waals surface area contributed by atoms with Gasteiger partial charge in [0.25, 0.3) is 0 Å². The number of hydrogen-bond acceptors (Lipinski definition) is 7. The number of nitrogens with two attached hydrogens (primary N) is 4. The van der Waals surface area contributed by atoms with E-state index >= 15 is 0 Å². The van der Waals surface area contributed by atoms with Gasteiger partial charge in [-0.05, 0) is 30.7 Å². The second-order valence-electron chi connectivity index (χ2n) is 9.11. The van der Waals surface area contributed by atoms with Crippen LogP contribution in [0.25, 0.3) is 0 Å². The third-order valence-electron chi connectivity index (χ3n) is 5.48. The van der Waals surface area contributed by atoms with Crippen LogP contribution in [-0.2, 0) is 30.4 Å². The number of carbonyl (C=O) groups excluding carboxylic acids is 4. The first-order chi connectivity index (χ1) is 17.8. The van der Waals surface area contributed by atoms with Crippen molar-refractivity contribution in [3.63, 3.8) is 0 Å². The molecule has 0 bridgehead atoms. The number of benzene rings is 1. The topological polar surface area (TPSA) is 258 Å². The maximum Gasteiger partial charge on any atom is 0.326 e. The molecule has 0 spiro atoms. The summed E-state index contributed by atoms with van der Waals surface area (Å²) in [4.78, 5) is 65.2. The van der Waals surface area contributed by atoms with Gasteiger partial charge in [0, 0.05) is 6.54 Å². The Kier molecular flexibility index (Phi) is 13.2. The molecule has 38 heavy (non-hydrogen) atoms. The summed E-state index contributed by atoms with van der Waals surface area (Å²) in [6.45, 7) is 3.46. The number of aliphatic imine (C=N–C) groups is 1. The first-order valence-corrected chi connectivity index (χ1v) is 12.1. The van der Waals surface area contributed by atoms with Crippen LogP contribution < -0.4 is 38.9 Å². The number of carboxylic acid groups (broad SMARTS) is 1. The van der Waals surface area contributed by atoms with E-state index in [9.17, 15) is 29.1 Å². The molecule has 0 aliphatic rings. The maximum absolute atomic E-state index is 13.2. The zero-order chi connectivity index (χ0) is 28.8. The summed E-state index contributed by atoms with van der Waals surface area (Å²) >= 11 is 0. The van der Waals surface area contributed by atoms with Crippen molar-refractivity contribution < 1.29 is 29.1 Å². The van der Waals surface area contributed by atoms with Crippen molar-refractivity contribution in [3.05, 3.63) is 35.9 Å². The van der Waals surface area contributed by atoms with Crippen LogP contribution in [0.5, 0.6) is 0 Å². The Bertz CT molecular complexity index is 997. The van der Waals surface area contributed by atoms with E-state index in [4.69, 9.17) is 22.9 Å². The number of aliphatic carboxylic acids is 1. The van der Waals surface area contributed by atoms with Crippen LogP contribution in [0.15, 0.2) is 35.3 Å². The van der Waals surface area contributed by atoms with Gasteiger partial charge in [-0.25, -0.2) is 4.79 Å². The van der Waals surface area contributed by atoms with Crippen LogP contribution in [0.1, 0.15) is 38.7 Å². The number of amides is 4. The molecule has 4 atom stereocenters. The minimum Gasteiger partial charge on any atom is -0.480 e. The quantitative estimate of drug-likeness (QED) is 0.0642. The monoisotopic (exact) mass is 534 g/mol. The summed E-state index contributed by atoms with van der Waals surface area (Å²) in [6, 6.07) is 4.33. The van der Waals surface area contributed by atoms with E-state index in [1.54, 1.807) is 13.8 Å². The summed E-state index contributed by atoms with van der Waals surface area (Å²) in [5.74, 6) is -5.06. The van der Waals surface area contributed by atoms with Crippen molar-refractivity contribution >= 4 is 35.6 Å². The van der Waals surface area contributed by atoms with E-state index in [1.807, 2.05) is 30.3 Å². The van der Waals surface area contributed by atoms with Gasteiger partial charge in [0.1, 0.15) is 18.1 Å². The second kappa shape index (κ2) is 15.8. The van der Waals surface area contributed by atoms with E-state index in [-0.39, 0.29) is 25.3 Å². The molecule has 14 heteroatoms. The smallest absolute Gasteiger partial charge is 0.326 e. The molecule has 210 valence electrons. The molecule has 1 aromatic carbocycles. The van der Waals surface area contributed by atoms with Crippen LogP contribution in [0.3, 0.4) is 0 Å². The van der Waals surface area contributed by atoms with Gasteiger partial charge >= 0.3 is 5.97 Å². The van der Waals surface area contributed by atoms with E-state index in [1.165, 1.54) is 0 Å². The molecule has 1 rings (SSSR count). The molecular formula is C24H38N8O6. The van der Waals surface area contributed by atoms with E-state index in [2.05, 4.69) is 20.9 Å². The van der Waals surface area contributed by atoms with Crippen LogP contribution in [0.4, 0.5) is 0 Å². The average Bonchev–Trinajstić information content (AvgIpc) is 2.83. The van der Waals surface area contributed by atoms with Crippen molar-refractivity contribution in [1.82, 2.24) is 16.0 Å². The molecule has 0 heterocycles. The molecule has 0 fully saturated rings. The number of hydrogen-bond donors (Lipinski definition) is 8. The summed E-state index contributed by atoms with van der Waals surface area (Å²) in [5.41, 5.74) is 22.6. The summed E-state index contributed by atoms with van der Waals surface area (Å²) in [6.07, 6.45) is 0.0613.